The minimum absolute atomic E-state index is 0.0347. The van der Waals surface area contributed by atoms with Crippen LogP contribution in [0.15, 0.2) is 42.5 Å². The fourth-order valence-electron chi connectivity index (χ4n) is 2.78. The molecule has 1 aliphatic carbocycles. The highest BCUT2D eigenvalue weighted by atomic mass is 35.5. The van der Waals surface area contributed by atoms with Gasteiger partial charge in [0, 0.05) is 17.5 Å². The molecule has 0 spiro atoms. The zero-order valence-electron chi connectivity index (χ0n) is 14.2. The SMILES string of the molecule is O=C(O[C@H]1CCCCC1=O)c1ccc(Oc2ccc(Cl)cc2[N+](=O)[O-])cc1. The number of hydrogen-bond acceptors (Lipinski definition) is 6. The Labute approximate surface area is 160 Å². The van der Waals surface area contributed by atoms with Crippen LogP contribution >= 0.6 is 11.6 Å². The molecule has 0 bridgehead atoms. The van der Waals surface area contributed by atoms with E-state index in [4.69, 9.17) is 21.1 Å². The normalized spacial score (nSPS) is 16.6. The Morgan fingerprint density at radius 3 is 2.56 bits per heavy atom. The molecule has 7 nitrogen and oxygen atoms in total. The molecular formula is C19H16ClNO6. The molecule has 140 valence electrons. The van der Waals surface area contributed by atoms with Crippen LogP contribution in [0.1, 0.15) is 36.0 Å². The molecular weight excluding hydrogens is 374 g/mol. The summed E-state index contributed by atoms with van der Waals surface area (Å²) in [4.78, 5) is 34.5. The fourth-order valence-corrected chi connectivity index (χ4v) is 2.94. The third-order valence-corrected chi connectivity index (χ3v) is 4.42. The van der Waals surface area contributed by atoms with E-state index in [9.17, 15) is 19.7 Å². The van der Waals surface area contributed by atoms with E-state index in [1.54, 1.807) is 0 Å². The molecule has 1 aliphatic rings. The summed E-state index contributed by atoms with van der Waals surface area (Å²) in [5.74, 6) is -0.290. The topological polar surface area (TPSA) is 95.7 Å². The molecule has 1 fully saturated rings. The van der Waals surface area contributed by atoms with E-state index in [1.807, 2.05) is 0 Å². The first-order valence-corrected chi connectivity index (χ1v) is 8.77. The van der Waals surface area contributed by atoms with Crippen LogP contribution < -0.4 is 4.74 Å². The zero-order chi connectivity index (χ0) is 19.4. The second kappa shape index (κ2) is 8.18. The lowest BCUT2D eigenvalue weighted by Gasteiger charge is -2.20. The van der Waals surface area contributed by atoms with Crippen LogP contribution in [0, 0.1) is 10.1 Å². The summed E-state index contributed by atoms with van der Waals surface area (Å²) in [6, 6.07) is 10.0. The molecule has 0 aliphatic heterocycles. The molecule has 27 heavy (non-hydrogen) atoms. The summed E-state index contributed by atoms with van der Waals surface area (Å²) >= 11 is 5.77. The van der Waals surface area contributed by atoms with Crippen LogP contribution in [0.2, 0.25) is 5.02 Å². The number of Topliss-reactive ketones (excluding diaryl/α,β-unsaturated/α-hetero) is 1. The molecule has 3 rings (SSSR count). The average Bonchev–Trinajstić information content (AvgIpc) is 2.65. The molecule has 1 atom stereocenters. The van der Waals surface area contributed by atoms with Crippen molar-refractivity contribution in [2.45, 2.75) is 31.8 Å². The number of hydrogen-bond donors (Lipinski definition) is 0. The molecule has 8 heteroatoms. The number of carbonyl (C=O) groups excluding carboxylic acids is 2. The van der Waals surface area contributed by atoms with Gasteiger partial charge in [-0.05, 0) is 55.7 Å². The van der Waals surface area contributed by atoms with Crippen molar-refractivity contribution in [3.8, 4) is 11.5 Å². The fraction of sp³-hybridized carbons (Fsp3) is 0.263. The van der Waals surface area contributed by atoms with Crippen LogP contribution in [0.25, 0.3) is 0 Å². The third kappa shape index (κ3) is 4.62. The van der Waals surface area contributed by atoms with Gasteiger partial charge in [-0.1, -0.05) is 11.6 Å². The van der Waals surface area contributed by atoms with Crippen molar-refractivity contribution in [1.29, 1.82) is 0 Å². The predicted molar refractivity (Wildman–Crippen MR) is 97.3 cm³/mol. The van der Waals surface area contributed by atoms with Crippen molar-refractivity contribution in [2.24, 2.45) is 0 Å². The number of ether oxygens (including phenoxy) is 2. The number of nitro groups is 1. The van der Waals surface area contributed by atoms with Gasteiger partial charge < -0.3 is 9.47 Å². The second-order valence-electron chi connectivity index (χ2n) is 6.10. The number of esters is 1. The summed E-state index contributed by atoms with van der Waals surface area (Å²) < 4.78 is 10.8. The van der Waals surface area contributed by atoms with E-state index < -0.39 is 17.0 Å². The lowest BCUT2D eigenvalue weighted by molar-refractivity contribution is -0.385. The summed E-state index contributed by atoms with van der Waals surface area (Å²) in [5, 5.41) is 11.3. The van der Waals surface area contributed by atoms with Gasteiger partial charge in [-0.25, -0.2) is 4.79 Å². The molecule has 0 aromatic heterocycles. The van der Waals surface area contributed by atoms with E-state index in [2.05, 4.69) is 0 Å². The van der Waals surface area contributed by atoms with Crippen molar-refractivity contribution in [3.05, 3.63) is 63.2 Å². The predicted octanol–water partition coefficient (Wildman–Crippen LogP) is 4.71. The monoisotopic (exact) mass is 389 g/mol. The third-order valence-electron chi connectivity index (χ3n) is 4.18. The van der Waals surface area contributed by atoms with Gasteiger partial charge >= 0.3 is 11.7 Å². The average molecular weight is 390 g/mol. The highest BCUT2D eigenvalue weighted by molar-refractivity contribution is 6.30. The molecule has 0 heterocycles. The first-order valence-electron chi connectivity index (χ1n) is 8.39. The molecule has 2 aromatic carbocycles. The van der Waals surface area contributed by atoms with Gasteiger partial charge in [0.05, 0.1) is 10.5 Å². The van der Waals surface area contributed by atoms with E-state index in [-0.39, 0.29) is 27.8 Å². The zero-order valence-corrected chi connectivity index (χ0v) is 15.0. The number of benzene rings is 2. The van der Waals surface area contributed by atoms with E-state index in [0.717, 1.165) is 12.8 Å². The molecule has 0 N–H and O–H groups in total. The molecule has 2 aromatic rings. The smallest absolute Gasteiger partial charge is 0.338 e. The molecule has 1 saturated carbocycles. The van der Waals surface area contributed by atoms with Gasteiger partial charge in [-0.2, -0.15) is 0 Å². The van der Waals surface area contributed by atoms with Crippen molar-refractivity contribution in [3.63, 3.8) is 0 Å². The van der Waals surface area contributed by atoms with Crippen molar-refractivity contribution in [2.75, 3.05) is 0 Å². The number of carbonyl (C=O) groups is 2. The molecule has 0 saturated heterocycles. The van der Waals surface area contributed by atoms with Crippen molar-refractivity contribution in [1.82, 2.24) is 0 Å². The number of nitro benzene ring substituents is 1. The number of rotatable bonds is 5. The molecule has 0 unspecified atom stereocenters. The Kier molecular flexibility index (Phi) is 5.71. The minimum atomic E-state index is -0.682. The summed E-state index contributed by atoms with van der Waals surface area (Å²) in [7, 11) is 0. The largest absolute Gasteiger partial charge is 0.451 e. The lowest BCUT2D eigenvalue weighted by Crippen LogP contribution is -2.30. The van der Waals surface area contributed by atoms with Crippen LogP contribution in [-0.2, 0) is 9.53 Å². The van der Waals surface area contributed by atoms with E-state index in [1.165, 1.54) is 42.5 Å². The van der Waals surface area contributed by atoms with Crippen molar-refractivity contribution >= 4 is 29.0 Å². The lowest BCUT2D eigenvalue weighted by atomic mass is 9.96. The van der Waals surface area contributed by atoms with Gasteiger partial charge in [0.2, 0.25) is 5.75 Å². The molecule has 0 amide bonds. The van der Waals surface area contributed by atoms with Crippen molar-refractivity contribution < 1.29 is 24.0 Å². The summed E-state index contributed by atoms with van der Waals surface area (Å²) in [6.07, 6.45) is 1.99. The standard InChI is InChI=1S/C19H16ClNO6/c20-13-7-10-17(15(11-13)21(24)25)26-14-8-5-12(6-9-14)19(23)27-18-4-2-1-3-16(18)22/h5-11,18H,1-4H2/t18-/m0/s1. The number of ketones is 1. The van der Waals surface area contributed by atoms with Crippen LogP contribution in [-0.4, -0.2) is 22.8 Å². The van der Waals surface area contributed by atoms with Crippen LogP contribution in [0.3, 0.4) is 0 Å². The maximum absolute atomic E-state index is 12.2. The highest BCUT2D eigenvalue weighted by Gasteiger charge is 2.26. The van der Waals surface area contributed by atoms with Crippen LogP contribution in [0.5, 0.6) is 11.5 Å². The van der Waals surface area contributed by atoms with Crippen LogP contribution in [0.4, 0.5) is 5.69 Å². The van der Waals surface area contributed by atoms with Gasteiger partial charge in [0.15, 0.2) is 11.9 Å². The second-order valence-corrected chi connectivity index (χ2v) is 6.54. The first-order chi connectivity index (χ1) is 12.9. The Morgan fingerprint density at radius 2 is 1.89 bits per heavy atom. The summed E-state index contributed by atoms with van der Waals surface area (Å²) in [6.45, 7) is 0. The van der Waals surface area contributed by atoms with Gasteiger partial charge in [0.25, 0.3) is 0 Å². The Balaban J connectivity index is 1.69. The maximum Gasteiger partial charge on any atom is 0.338 e. The summed E-state index contributed by atoms with van der Waals surface area (Å²) in [5.41, 5.74) is 0.00752. The number of halogens is 1. The minimum Gasteiger partial charge on any atom is -0.451 e. The number of nitrogens with zero attached hydrogens (tertiary/aromatic N) is 1. The Morgan fingerprint density at radius 1 is 1.15 bits per heavy atom. The maximum atomic E-state index is 12.2. The Hall–Kier alpha value is -2.93. The Bertz CT molecular complexity index is 880. The van der Waals surface area contributed by atoms with E-state index >= 15 is 0 Å². The first kappa shape index (κ1) is 18.8. The van der Waals surface area contributed by atoms with Gasteiger partial charge in [0.1, 0.15) is 5.75 Å². The van der Waals surface area contributed by atoms with Gasteiger partial charge in [-0.15, -0.1) is 0 Å². The van der Waals surface area contributed by atoms with Gasteiger partial charge in [-0.3, -0.25) is 14.9 Å². The van der Waals surface area contributed by atoms with E-state index in [0.29, 0.717) is 18.6 Å². The molecule has 0 radical (unpaired) electrons. The quantitative estimate of drug-likeness (QED) is 0.417. The highest BCUT2D eigenvalue weighted by Crippen LogP contribution is 2.33.